The first-order valence-corrected chi connectivity index (χ1v) is 13.5. The Morgan fingerprint density at radius 1 is 0.650 bits per heavy atom. The smallest absolute Gasteiger partial charge is 0.215 e. The fourth-order valence-corrected chi connectivity index (χ4v) is 5.88. The minimum Gasteiger partial charge on any atom is -0.439 e. The number of para-hydroxylation sites is 3. The summed E-state index contributed by atoms with van der Waals surface area (Å²) >= 11 is 0. The number of fused-ring (bicyclic) bond motifs is 7. The second-order valence-corrected chi connectivity index (χ2v) is 10.0. The zero-order chi connectivity index (χ0) is 26.5. The molecule has 4 heteroatoms. The molecule has 5 aromatic carbocycles. The van der Waals surface area contributed by atoms with Crippen molar-refractivity contribution in [3.05, 3.63) is 150 Å². The van der Waals surface area contributed by atoms with Gasteiger partial charge in [-0.05, 0) is 29.3 Å². The molecule has 4 nitrogen and oxygen atoms in total. The fourth-order valence-electron chi connectivity index (χ4n) is 5.88. The van der Waals surface area contributed by atoms with Crippen molar-refractivity contribution in [2.45, 2.75) is 6.04 Å². The van der Waals surface area contributed by atoms with Crippen LogP contribution in [0.25, 0.3) is 39.1 Å². The Morgan fingerprint density at radius 3 is 2.17 bits per heavy atom. The molecule has 0 saturated heterocycles. The molecule has 1 N–H and O–H groups in total. The van der Waals surface area contributed by atoms with Gasteiger partial charge in [0.05, 0.1) is 34.2 Å². The van der Waals surface area contributed by atoms with Crippen LogP contribution in [0.15, 0.2) is 138 Å². The van der Waals surface area contributed by atoms with Crippen LogP contribution in [-0.4, -0.2) is 10.8 Å². The quantitative estimate of drug-likeness (QED) is 0.256. The summed E-state index contributed by atoms with van der Waals surface area (Å²) < 4.78 is 9.12. The summed E-state index contributed by atoms with van der Waals surface area (Å²) in [5.74, 6) is 1.59. The van der Waals surface area contributed by atoms with Gasteiger partial charge in [-0.25, -0.2) is 0 Å². The van der Waals surface area contributed by atoms with E-state index in [1.807, 2.05) is 30.5 Å². The van der Waals surface area contributed by atoms with E-state index in [0.717, 1.165) is 61.9 Å². The van der Waals surface area contributed by atoms with Crippen LogP contribution >= 0.6 is 0 Å². The molecule has 1 unspecified atom stereocenters. The summed E-state index contributed by atoms with van der Waals surface area (Å²) in [6.45, 7) is 0. The van der Waals surface area contributed by atoms with Crippen LogP contribution in [0.2, 0.25) is 0 Å². The minimum absolute atomic E-state index is 0.0463. The molecule has 0 aliphatic carbocycles. The molecule has 1 atom stereocenters. The molecule has 2 aliphatic rings. The first kappa shape index (κ1) is 22.6. The minimum atomic E-state index is -0.0463. The number of hydrogen-bond acceptors (Lipinski definition) is 3. The highest BCUT2D eigenvalue weighted by Gasteiger charge is 2.31. The van der Waals surface area contributed by atoms with Gasteiger partial charge in [0.2, 0.25) is 5.88 Å². The van der Waals surface area contributed by atoms with Gasteiger partial charge in [0.1, 0.15) is 5.75 Å². The zero-order valence-electron chi connectivity index (χ0n) is 21.7. The van der Waals surface area contributed by atoms with Crippen molar-refractivity contribution >= 4 is 28.5 Å². The van der Waals surface area contributed by atoms with E-state index in [2.05, 4.69) is 119 Å². The largest absolute Gasteiger partial charge is 0.439 e. The normalized spacial score (nSPS) is 15.4. The maximum atomic E-state index is 6.88. The van der Waals surface area contributed by atoms with Crippen molar-refractivity contribution in [1.29, 1.82) is 0 Å². The van der Waals surface area contributed by atoms with Crippen molar-refractivity contribution in [2.24, 2.45) is 4.99 Å². The summed E-state index contributed by atoms with van der Waals surface area (Å²) in [5, 5.41) is 4.91. The monoisotopic (exact) mass is 515 g/mol. The van der Waals surface area contributed by atoms with E-state index in [9.17, 15) is 0 Å². The first-order chi connectivity index (χ1) is 19.9. The van der Waals surface area contributed by atoms with Crippen LogP contribution in [0.5, 0.6) is 11.6 Å². The van der Waals surface area contributed by atoms with Crippen molar-refractivity contribution < 1.29 is 4.74 Å². The number of aliphatic imine (C=N–C) groups is 1. The SMILES string of the molecule is C1=NC(c2c3n(c4ccccc24)-c2ccccc2-c2ccccc2O3)=C(c2ccccc2)NC1c1ccccc1. The summed E-state index contributed by atoms with van der Waals surface area (Å²) in [6, 6.07) is 46.1. The number of nitrogens with one attached hydrogen (secondary N) is 1. The summed E-state index contributed by atoms with van der Waals surface area (Å²) in [5.41, 5.74) is 9.42. The number of aromatic nitrogens is 1. The third kappa shape index (κ3) is 3.50. The molecule has 6 aromatic rings. The van der Waals surface area contributed by atoms with E-state index in [1.54, 1.807) is 0 Å². The highest BCUT2D eigenvalue weighted by Crippen LogP contribution is 2.49. The zero-order valence-corrected chi connectivity index (χ0v) is 21.7. The molecular weight excluding hydrogens is 490 g/mol. The van der Waals surface area contributed by atoms with Crippen molar-refractivity contribution in [3.8, 4) is 28.4 Å². The summed E-state index contributed by atoms with van der Waals surface area (Å²) in [6.07, 6.45) is 2.01. The Balaban J connectivity index is 1.43. The molecule has 0 radical (unpaired) electrons. The van der Waals surface area contributed by atoms with E-state index < -0.39 is 0 Å². The highest BCUT2D eigenvalue weighted by atomic mass is 16.5. The standard InChI is InChI=1S/C36H25N3O/c1-3-13-24(14-4-1)29-23-37-35(34(38-29)25-15-5-2-6-16-25)33-28-19-8-11-21-31(28)39-30-20-10-7-17-26(30)27-18-9-12-22-32(27)40-36(33)39/h1-23,29,38H. The van der Waals surface area contributed by atoms with Crippen molar-refractivity contribution in [1.82, 2.24) is 9.88 Å². The molecule has 0 amide bonds. The van der Waals surface area contributed by atoms with Crippen LogP contribution in [0, 0.1) is 0 Å². The van der Waals surface area contributed by atoms with Crippen LogP contribution < -0.4 is 10.1 Å². The fraction of sp³-hybridized carbons (Fsp3) is 0.0278. The lowest BCUT2D eigenvalue weighted by Crippen LogP contribution is -2.25. The Kier molecular flexibility index (Phi) is 5.17. The topological polar surface area (TPSA) is 38.5 Å². The molecule has 1 aromatic heterocycles. The number of ether oxygens (including phenoxy) is 1. The number of benzene rings is 5. The predicted molar refractivity (Wildman–Crippen MR) is 163 cm³/mol. The number of nitrogens with zero attached hydrogens (tertiary/aromatic N) is 2. The maximum absolute atomic E-state index is 6.88. The average molecular weight is 516 g/mol. The van der Waals surface area contributed by atoms with E-state index >= 15 is 0 Å². The summed E-state index contributed by atoms with van der Waals surface area (Å²) in [4.78, 5) is 5.19. The van der Waals surface area contributed by atoms with Crippen LogP contribution in [0.3, 0.4) is 0 Å². The molecule has 2 aliphatic heterocycles. The van der Waals surface area contributed by atoms with Gasteiger partial charge in [-0.1, -0.05) is 115 Å². The number of hydrogen-bond donors (Lipinski definition) is 1. The molecule has 0 spiro atoms. The molecule has 3 heterocycles. The Morgan fingerprint density at radius 2 is 1.32 bits per heavy atom. The van der Waals surface area contributed by atoms with Crippen LogP contribution in [-0.2, 0) is 0 Å². The van der Waals surface area contributed by atoms with Gasteiger partial charge in [-0.3, -0.25) is 9.56 Å². The van der Waals surface area contributed by atoms with Crippen LogP contribution in [0.1, 0.15) is 22.7 Å². The van der Waals surface area contributed by atoms with Crippen molar-refractivity contribution in [2.75, 3.05) is 0 Å². The third-order valence-electron chi connectivity index (χ3n) is 7.71. The van der Waals surface area contributed by atoms with Crippen molar-refractivity contribution in [3.63, 3.8) is 0 Å². The molecule has 190 valence electrons. The average Bonchev–Trinajstić information content (AvgIpc) is 3.27. The molecule has 8 rings (SSSR count). The molecule has 0 saturated carbocycles. The maximum Gasteiger partial charge on any atom is 0.215 e. The van der Waals surface area contributed by atoms with E-state index in [1.165, 1.54) is 5.56 Å². The highest BCUT2D eigenvalue weighted by molar-refractivity contribution is 6.07. The lowest BCUT2D eigenvalue weighted by atomic mass is 9.99. The van der Waals surface area contributed by atoms with Gasteiger partial charge in [0.15, 0.2) is 0 Å². The predicted octanol–water partition coefficient (Wildman–Crippen LogP) is 8.64. The summed E-state index contributed by atoms with van der Waals surface area (Å²) in [7, 11) is 0. The van der Waals surface area contributed by atoms with E-state index in [4.69, 9.17) is 9.73 Å². The van der Waals surface area contributed by atoms with Gasteiger partial charge in [0, 0.05) is 22.7 Å². The van der Waals surface area contributed by atoms with Crippen LogP contribution in [0.4, 0.5) is 0 Å². The van der Waals surface area contributed by atoms with E-state index in [-0.39, 0.29) is 6.04 Å². The lowest BCUT2D eigenvalue weighted by Gasteiger charge is -2.25. The lowest BCUT2D eigenvalue weighted by molar-refractivity contribution is 0.458. The second kappa shape index (κ2) is 9.14. The van der Waals surface area contributed by atoms with Gasteiger partial charge in [0.25, 0.3) is 0 Å². The van der Waals surface area contributed by atoms with Gasteiger partial charge in [-0.15, -0.1) is 0 Å². The first-order valence-electron chi connectivity index (χ1n) is 13.5. The number of rotatable bonds is 3. The third-order valence-corrected chi connectivity index (χ3v) is 7.71. The molecular formula is C36H25N3O. The van der Waals surface area contributed by atoms with E-state index in [0.29, 0.717) is 0 Å². The molecule has 40 heavy (non-hydrogen) atoms. The molecule has 0 bridgehead atoms. The second-order valence-electron chi connectivity index (χ2n) is 10.0. The van der Waals surface area contributed by atoms with Gasteiger partial charge < -0.3 is 10.1 Å². The van der Waals surface area contributed by atoms with Gasteiger partial charge in [-0.2, -0.15) is 0 Å². The van der Waals surface area contributed by atoms with Gasteiger partial charge >= 0.3 is 0 Å². The Hall–Kier alpha value is -5.35. The Bertz CT molecular complexity index is 1950. The molecule has 0 fully saturated rings. The Labute approximate surface area is 232 Å².